The summed E-state index contributed by atoms with van der Waals surface area (Å²) in [5.41, 5.74) is 2.59. The first-order chi connectivity index (χ1) is 23.8. The van der Waals surface area contributed by atoms with Crippen molar-refractivity contribution in [1.29, 1.82) is 0 Å². The molecule has 0 bridgehead atoms. The molecule has 3 fully saturated rings. The van der Waals surface area contributed by atoms with E-state index in [2.05, 4.69) is 30.3 Å². The van der Waals surface area contributed by atoms with Gasteiger partial charge in [0.15, 0.2) is 11.5 Å². The predicted molar refractivity (Wildman–Crippen MR) is 177 cm³/mol. The first-order valence-corrected chi connectivity index (χ1v) is 16.6. The molecule has 2 aliphatic heterocycles. The van der Waals surface area contributed by atoms with Crippen LogP contribution in [0.2, 0.25) is 0 Å². The van der Waals surface area contributed by atoms with E-state index >= 15 is 8.78 Å². The van der Waals surface area contributed by atoms with Gasteiger partial charge in [0.1, 0.15) is 22.9 Å². The van der Waals surface area contributed by atoms with E-state index in [0.717, 1.165) is 43.5 Å². The zero-order valence-electron chi connectivity index (χ0n) is 28.3. The van der Waals surface area contributed by atoms with Gasteiger partial charge in [-0.1, -0.05) is 11.2 Å². The summed E-state index contributed by atoms with van der Waals surface area (Å²) in [7, 11) is 0. The van der Waals surface area contributed by atoms with E-state index in [4.69, 9.17) is 9.26 Å². The number of imide groups is 1. The SMILES string of the molecule is Cc1nc(-c2cc(C(=O)OC(C)(C)C)on2)ncc1-c1ncc(CN2CCC3(CC(c4ccc(N5CCC(=O)NC5=O)c(F)c4)C3)C2)cc1F. The lowest BCUT2D eigenvalue weighted by atomic mass is 9.59. The Balaban J connectivity index is 0.954. The molecule has 14 heteroatoms. The number of anilines is 1. The first kappa shape index (κ1) is 33.4. The number of benzene rings is 1. The van der Waals surface area contributed by atoms with E-state index in [1.807, 2.05) is 6.07 Å². The summed E-state index contributed by atoms with van der Waals surface area (Å²) in [6.07, 6.45) is 6.16. The Kier molecular flexibility index (Phi) is 8.45. The smallest absolute Gasteiger partial charge is 0.377 e. The fourth-order valence-corrected chi connectivity index (χ4v) is 7.16. The van der Waals surface area contributed by atoms with Crippen molar-refractivity contribution < 1.29 is 32.4 Å². The van der Waals surface area contributed by atoms with Crippen LogP contribution in [0.15, 0.2) is 47.2 Å². The second-order valence-electron chi connectivity index (χ2n) is 14.5. The Morgan fingerprint density at radius 1 is 1.08 bits per heavy atom. The summed E-state index contributed by atoms with van der Waals surface area (Å²) in [5.74, 6) is -1.59. The fraction of sp³-hybridized carbons (Fsp3) is 0.417. The number of pyridine rings is 1. The Morgan fingerprint density at radius 3 is 2.58 bits per heavy atom. The van der Waals surface area contributed by atoms with Crippen LogP contribution in [-0.4, -0.2) is 68.2 Å². The number of nitrogens with one attached hydrogen (secondary N) is 1. The van der Waals surface area contributed by atoms with Gasteiger partial charge in [0.05, 0.1) is 11.4 Å². The average Bonchev–Trinajstić information content (AvgIpc) is 3.69. The molecule has 50 heavy (non-hydrogen) atoms. The Morgan fingerprint density at radius 2 is 1.88 bits per heavy atom. The van der Waals surface area contributed by atoms with Gasteiger partial charge in [0.25, 0.3) is 0 Å². The standard InChI is InChI=1S/C36H37F2N7O5/c1-20-24(17-40-32(41-20)27-13-29(50-43-27)33(47)49-35(2,3)4)31-26(38)11-21(16-39-31)18-44-10-8-36(19-44)14-23(15-36)22-5-6-28(25(37)12-22)45-9-7-30(46)42-34(45)48/h5-6,11-13,16-17,23H,7-10,14-15,18-19H2,1-4H3,(H,42,46,48). The number of amides is 3. The molecule has 0 radical (unpaired) electrons. The molecule has 3 amide bonds. The quantitative estimate of drug-likeness (QED) is 0.232. The van der Waals surface area contributed by atoms with E-state index in [1.165, 1.54) is 29.3 Å². The van der Waals surface area contributed by atoms with Crippen LogP contribution in [0.3, 0.4) is 0 Å². The number of esters is 1. The highest BCUT2D eigenvalue weighted by Crippen LogP contribution is 2.56. The third kappa shape index (κ3) is 6.71. The lowest BCUT2D eigenvalue weighted by molar-refractivity contribution is -0.120. The van der Waals surface area contributed by atoms with Gasteiger partial charge in [-0.15, -0.1) is 0 Å². The van der Waals surface area contributed by atoms with Gasteiger partial charge < -0.3 is 9.26 Å². The monoisotopic (exact) mass is 685 g/mol. The Labute approximate surface area is 287 Å². The molecule has 260 valence electrons. The van der Waals surface area contributed by atoms with Crippen LogP contribution in [0.1, 0.15) is 79.7 Å². The number of carbonyl (C=O) groups is 3. The second-order valence-corrected chi connectivity index (χ2v) is 14.5. The number of halogens is 2. The molecule has 5 heterocycles. The van der Waals surface area contributed by atoms with E-state index in [-0.39, 0.29) is 58.9 Å². The molecule has 2 saturated heterocycles. The predicted octanol–water partition coefficient (Wildman–Crippen LogP) is 5.95. The molecular weight excluding hydrogens is 648 g/mol. The summed E-state index contributed by atoms with van der Waals surface area (Å²) < 4.78 is 41.0. The lowest BCUT2D eigenvalue weighted by Gasteiger charge is -2.46. The maximum Gasteiger partial charge on any atom is 0.377 e. The highest BCUT2D eigenvalue weighted by molar-refractivity contribution is 6.05. The normalized spacial score (nSPS) is 21.0. The first-order valence-electron chi connectivity index (χ1n) is 16.6. The van der Waals surface area contributed by atoms with Crippen molar-refractivity contribution in [3.8, 4) is 22.8 Å². The van der Waals surface area contributed by atoms with Crippen molar-refractivity contribution in [3.63, 3.8) is 0 Å². The molecule has 1 N–H and O–H groups in total. The van der Waals surface area contributed by atoms with Crippen LogP contribution < -0.4 is 10.2 Å². The molecule has 0 atom stereocenters. The second kappa shape index (κ2) is 12.7. The minimum atomic E-state index is -0.692. The number of hydrogen-bond donors (Lipinski definition) is 1. The Hall–Kier alpha value is -5.11. The molecule has 3 aliphatic rings. The highest BCUT2D eigenvalue weighted by Gasteiger charge is 2.48. The molecule has 7 rings (SSSR count). The average molecular weight is 686 g/mol. The molecule has 1 spiro atoms. The highest BCUT2D eigenvalue weighted by atomic mass is 19.1. The molecular formula is C36H37F2N7O5. The number of urea groups is 1. The summed E-state index contributed by atoms with van der Waals surface area (Å²) >= 11 is 0. The summed E-state index contributed by atoms with van der Waals surface area (Å²) in [6, 6.07) is 7.31. The van der Waals surface area contributed by atoms with Gasteiger partial charge in [-0.25, -0.2) is 28.3 Å². The third-order valence-corrected chi connectivity index (χ3v) is 9.54. The van der Waals surface area contributed by atoms with Crippen molar-refractivity contribution in [3.05, 3.63) is 76.9 Å². The van der Waals surface area contributed by atoms with Gasteiger partial charge in [-0.05, 0) is 94.2 Å². The molecule has 3 aromatic heterocycles. The number of likely N-dealkylation sites (tertiary alicyclic amines) is 1. The van der Waals surface area contributed by atoms with E-state index in [0.29, 0.717) is 17.8 Å². The van der Waals surface area contributed by atoms with Gasteiger partial charge in [-0.2, -0.15) is 0 Å². The minimum absolute atomic E-state index is 0.0724. The van der Waals surface area contributed by atoms with Gasteiger partial charge in [-0.3, -0.25) is 24.9 Å². The van der Waals surface area contributed by atoms with Gasteiger partial charge in [0, 0.05) is 50.1 Å². The maximum absolute atomic E-state index is 15.4. The number of carbonyl (C=O) groups excluding carboxylic acids is 3. The summed E-state index contributed by atoms with van der Waals surface area (Å²) in [4.78, 5) is 52.7. The number of hydrogen-bond acceptors (Lipinski definition) is 10. The molecule has 0 unspecified atom stereocenters. The van der Waals surface area contributed by atoms with Gasteiger partial charge >= 0.3 is 12.0 Å². The number of aryl methyl sites for hydroxylation is 1. The van der Waals surface area contributed by atoms with Crippen molar-refractivity contribution in [2.45, 2.75) is 71.4 Å². The van der Waals surface area contributed by atoms with Crippen LogP contribution in [0.4, 0.5) is 19.3 Å². The zero-order valence-corrected chi connectivity index (χ0v) is 28.3. The summed E-state index contributed by atoms with van der Waals surface area (Å²) in [6.45, 7) is 9.41. The number of rotatable bonds is 7. The van der Waals surface area contributed by atoms with E-state index < -0.39 is 29.2 Å². The summed E-state index contributed by atoms with van der Waals surface area (Å²) in [5, 5.41) is 6.12. The van der Waals surface area contributed by atoms with Crippen LogP contribution in [-0.2, 0) is 16.1 Å². The van der Waals surface area contributed by atoms with Crippen molar-refractivity contribution in [2.24, 2.45) is 5.41 Å². The van der Waals surface area contributed by atoms with E-state index in [1.54, 1.807) is 40.0 Å². The van der Waals surface area contributed by atoms with Crippen molar-refractivity contribution in [2.75, 3.05) is 24.5 Å². The Bertz CT molecular complexity index is 2000. The lowest BCUT2D eigenvalue weighted by Crippen LogP contribution is -2.49. The topological polar surface area (TPSA) is 144 Å². The van der Waals surface area contributed by atoms with Crippen LogP contribution >= 0.6 is 0 Å². The van der Waals surface area contributed by atoms with Gasteiger partial charge in [0.2, 0.25) is 11.7 Å². The van der Waals surface area contributed by atoms with Crippen molar-refractivity contribution >= 4 is 23.6 Å². The van der Waals surface area contributed by atoms with Crippen LogP contribution in [0.5, 0.6) is 0 Å². The number of nitrogens with zero attached hydrogens (tertiary/aromatic N) is 6. The van der Waals surface area contributed by atoms with Crippen LogP contribution in [0, 0.1) is 24.0 Å². The minimum Gasteiger partial charge on any atom is -0.454 e. The number of ether oxygens (including phenoxy) is 1. The molecule has 1 saturated carbocycles. The van der Waals surface area contributed by atoms with Crippen molar-refractivity contribution in [1.82, 2.24) is 30.3 Å². The largest absolute Gasteiger partial charge is 0.454 e. The molecule has 1 aromatic carbocycles. The zero-order chi connectivity index (χ0) is 35.4. The fourth-order valence-electron chi connectivity index (χ4n) is 7.16. The molecule has 1 aliphatic carbocycles. The number of aromatic nitrogens is 4. The third-order valence-electron chi connectivity index (χ3n) is 9.54. The van der Waals surface area contributed by atoms with Crippen LogP contribution in [0.25, 0.3) is 22.8 Å². The maximum atomic E-state index is 15.4. The molecule has 12 nitrogen and oxygen atoms in total. The van der Waals surface area contributed by atoms with E-state index in [9.17, 15) is 14.4 Å². The molecule has 4 aromatic rings.